The van der Waals surface area contributed by atoms with E-state index in [1.165, 1.54) is 0 Å². The van der Waals surface area contributed by atoms with Gasteiger partial charge in [-0.2, -0.15) is 0 Å². The fourth-order valence-electron chi connectivity index (χ4n) is 4.85. The lowest BCUT2D eigenvalue weighted by Gasteiger charge is -2.39. The Hall–Kier alpha value is -2.71. The molecule has 1 spiro atoms. The standard InChI is InChI=1S/C26H32ClN3O4S/c1-18-6-4-5-7-21(18)34-16-24(31)29-11-8-26(9-12-29)10-13-30(17-26)25(35)28-20-15-22(32-2)19(27)14-23(20)33-3/h4-7,14-15H,8-13,16-17H2,1-3H3,(H,28,35). The van der Waals surface area contributed by atoms with E-state index in [2.05, 4.69) is 10.2 Å². The summed E-state index contributed by atoms with van der Waals surface area (Å²) in [4.78, 5) is 16.9. The minimum Gasteiger partial charge on any atom is -0.495 e. The molecule has 2 aliphatic rings. The summed E-state index contributed by atoms with van der Waals surface area (Å²) >= 11 is 12.0. The molecule has 1 N–H and O–H groups in total. The summed E-state index contributed by atoms with van der Waals surface area (Å²) in [5.41, 5.74) is 1.92. The lowest BCUT2D eigenvalue weighted by atomic mass is 9.78. The van der Waals surface area contributed by atoms with E-state index in [0.717, 1.165) is 56.8 Å². The number of anilines is 1. The van der Waals surface area contributed by atoms with E-state index in [-0.39, 0.29) is 17.9 Å². The number of hydrogen-bond donors (Lipinski definition) is 1. The third-order valence-electron chi connectivity index (χ3n) is 7.06. The predicted octanol–water partition coefficient (Wildman–Crippen LogP) is 4.76. The molecule has 7 nitrogen and oxygen atoms in total. The number of benzene rings is 2. The van der Waals surface area contributed by atoms with Gasteiger partial charge in [-0.05, 0) is 55.4 Å². The number of aryl methyl sites for hydroxylation is 1. The number of halogens is 1. The number of carbonyl (C=O) groups is 1. The number of amides is 1. The van der Waals surface area contributed by atoms with E-state index in [4.69, 9.17) is 38.0 Å². The summed E-state index contributed by atoms with van der Waals surface area (Å²) in [6.07, 6.45) is 2.97. The second-order valence-electron chi connectivity index (χ2n) is 9.22. The van der Waals surface area contributed by atoms with Crippen LogP contribution < -0.4 is 19.5 Å². The Bertz CT molecular complexity index is 1090. The van der Waals surface area contributed by atoms with Crippen molar-refractivity contribution in [1.82, 2.24) is 9.80 Å². The Morgan fingerprint density at radius 1 is 1.03 bits per heavy atom. The van der Waals surface area contributed by atoms with E-state index in [1.807, 2.05) is 36.1 Å². The van der Waals surface area contributed by atoms with Crippen molar-refractivity contribution in [3.63, 3.8) is 0 Å². The summed E-state index contributed by atoms with van der Waals surface area (Å²) in [7, 11) is 3.17. The average molecular weight is 518 g/mol. The molecule has 2 fully saturated rings. The van der Waals surface area contributed by atoms with Gasteiger partial charge >= 0.3 is 0 Å². The van der Waals surface area contributed by atoms with Gasteiger partial charge in [0, 0.05) is 38.3 Å². The van der Waals surface area contributed by atoms with E-state index in [1.54, 1.807) is 26.4 Å². The lowest BCUT2D eigenvalue weighted by molar-refractivity contribution is -0.135. The summed E-state index contributed by atoms with van der Waals surface area (Å²) in [5, 5.41) is 4.43. The maximum absolute atomic E-state index is 12.7. The minimum absolute atomic E-state index is 0.0407. The van der Waals surface area contributed by atoms with Crippen LogP contribution in [0.25, 0.3) is 0 Å². The number of methoxy groups -OCH3 is 2. The van der Waals surface area contributed by atoms with Crippen LogP contribution in [0.2, 0.25) is 5.02 Å². The monoisotopic (exact) mass is 517 g/mol. The first-order valence-corrected chi connectivity index (χ1v) is 12.6. The van der Waals surface area contributed by atoms with Gasteiger partial charge in [-0.1, -0.05) is 29.8 Å². The number of para-hydroxylation sites is 1. The fourth-order valence-corrected chi connectivity index (χ4v) is 5.35. The molecule has 9 heteroatoms. The van der Waals surface area contributed by atoms with Crippen LogP contribution in [0, 0.1) is 12.3 Å². The highest BCUT2D eigenvalue weighted by Crippen LogP contribution is 2.41. The molecule has 35 heavy (non-hydrogen) atoms. The van der Waals surface area contributed by atoms with Gasteiger partial charge in [0.1, 0.15) is 17.2 Å². The number of thiocarbonyl (C=S) groups is 1. The summed E-state index contributed by atoms with van der Waals surface area (Å²) in [5.74, 6) is 1.96. The maximum Gasteiger partial charge on any atom is 0.260 e. The number of nitrogens with one attached hydrogen (secondary N) is 1. The number of rotatable bonds is 6. The van der Waals surface area contributed by atoms with Crippen LogP contribution in [-0.4, -0.2) is 67.8 Å². The topological polar surface area (TPSA) is 63.3 Å². The van der Waals surface area contributed by atoms with Gasteiger partial charge in [0.15, 0.2) is 11.7 Å². The third-order valence-corrected chi connectivity index (χ3v) is 7.72. The summed E-state index contributed by atoms with van der Waals surface area (Å²) in [6, 6.07) is 11.3. The SMILES string of the molecule is COc1cc(NC(=S)N2CCC3(CCN(C(=O)COc4ccccc4C)CC3)C2)c(OC)cc1Cl. The van der Waals surface area contributed by atoms with E-state index >= 15 is 0 Å². The Morgan fingerprint density at radius 3 is 2.34 bits per heavy atom. The van der Waals surface area contributed by atoms with Crippen LogP contribution in [-0.2, 0) is 4.79 Å². The zero-order chi connectivity index (χ0) is 25.0. The molecule has 2 heterocycles. The molecule has 0 aliphatic carbocycles. The fraction of sp³-hybridized carbons (Fsp3) is 0.462. The second-order valence-corrected chi connectivity index (χ2v) is 10.0. The van der Waals surface area contributed by atoms with E-state index in [0.29, 0.717) is 27.3 Å². The number of ether oxygens (including phenoxy) is 3. The third kappa shape index (κ3) is 5.76. The van der Waals surface area contributed by atoms with Gasteiger partial charge in [0.05, 0.1) is 24.9 Å². The molecule has 0 unspecified atom stereocenters. The van der Waals surface area contributed by atoms with Crippen molar-refractivity contribution in [3.05, 3.63) is 47.0 Å². The number of nitrogens with zero attached hydrogens (tertiary/aromatic N) is 2. The van der Waals surface area contributed by atoms with Crippen LogP contribution >= 0.6 is 23.8 Å². The molecule has 0 atom stereocenters. The molecular formula is C26H32ClN3O4S. The Morgan fingerprint density at radius 2 is 1.69 bits per heavy atom. The van der Waals surface area contributed by atoms with E-state index in [9.17, 15) is 4.79 Å². The molecule has 188 valence electrons. The minimum atomic E-state index is 0.0407. The summed E-state index contributed by atoms with van der Waals surface area (Å²) in [6.45, 7) is 5.29. The highest BCUT2D eigenvalue weighted by atomic mass is 35.5. The Balaban J connectivity index is 1.30. The van der Waals surface area contributed by atoms with Crippen molar-refractivity contribution in [1.29, 1.82) is 0 Å². The van der Waals surface area contributed by atoms with Crippen molar-refractivity contribution in [2.24, 2.45) is 5.41 Å². The second kappa shape index (κ2) is 10.9. The van der Waals surface area contributed by atoms with Crippen molar-refractivity contribution < 1.29 is 19.0 Å². The molecule has 2 aliphatic heterocycles. The van der Waals surface area contributed by atoms with Crippen LogP contribution in [0.15, 0.2) is 36.4 Å². The zero-order valence-corrected chi connectivity index (χ0v) is 22.0. The van der Waals surface area contributed by atoms with Gasteiger partial charge < -0.3 is 29.3 Å². The van der Waals surface area contributed by atoms with Gasteiger partial charge in [-0.15, -0.1) is 0 Å². The first-order chi connectivity index (χ1) is 16.8. The molecule has 0 aromatic heterocycles. The first-order valence-electron chi connectivity index (χ1n) is 11.8. The molecule has 0 radical (unpaired) electrons. The zero-order valence-electron chi connectivity index (χ0n) is 20.4. The smallest absolute Gasteiger partial charge is 0.260 e. The molecule has 4 rings (SSSR count). The number of piperidine rings is 1. The molecule has 2 saturated heterocycles. The highest BCUT2D eigenvalue weighted by molar-refractivity contribution is 7.80. The molecule has 2 aromatic rings. The quantitative estimate of drug-likeness (QED) is 0.554. The van der Waals surface area contributed by atoms with Crippen LogP contribution in [0.3, 0.4) is 0 Å². The van der Waals surface area contributed by atoms with Crippen LogP contribution in [0.5, 0.6) is 17.2 Å². The van der Waals surface area contributed by atoms with Crippen molar-refractivity contribution >= 4 is 40.5 Å². The van der Waals surface area contributed by atoms with Crippen molar-refractivity contribution in [2.75, 3.05) is 52.3 Å². The molecule has 2 aromatic carbocycles. The summed E-state index contributed by atoms with van der Waals surface area (Å²) < 4.78 is 16.6. The normalized spacial score (nSPS) is 16.8. The highest BCUT2D eigenvalue weighted by Gasteiger charge is 2.42. The Labute approximate surface area is 217 Å². The number of hydrogen-bond acceptors (Lipinski definition) is 5. The van der Waals surface area contributed by atoms with Gasteiger partial charge in [0.2, 0.25) is 0 Å². The molecule has 0 bridgehead atoms. The van der Waals surface area contributed by atoms with Crippen LogP contribution in [0.4, 0.5) is 5.69 Å². The van der Waals surface area contributed by atoms with Crippen molar-refractivity contribution in [2.45, 2.75) is 26.2 Å². The number of carbonyl (C=O) groups excluding carboxylic acids is 1. The van der Waals surface area contributed by atoms with Crippen LogP contribution in [0.1, 0.15) is 24.8 Å². The maximum atomic E-state index is 12.7. The van der Waals surface area contributed by atoms with E-state index < -0.39 is 0 Å². The van der Waals surface area contributed by atoms with Gasteiger partial charge in [-0.3, -0.25) is 4.79 Å². The largest absolute Gasteiger partial charge is 0.495 e. The van der Waals surface area contributed by atoms with Crippen molar-refractivity contribution in [3.8, 4) is 17.2 Å². The molecule has 1 amide bonds. The molecular weight excluding hydrogens is 486 g/mol. The average Bonchev–Trinajstić information content (AvgIpc) is 3.28. The lowest BCUT2D eigenvalue weighted by Crippen LogP contribution is -2.46. The van der Waals surface area contributed by atoms with Gasteiger partial charge in [0.25, 0.3) is 5.91 Å². The first kappa shape index (κ1) is 25.4. The predicted molar refractivity (Wildman–Crippen MR) is 142 cm³/mol. The molecule has 0 saturated carbocycles. The Kier molecular flexibility index (Phi) is 7.91. The van der Waals surface area contributed by atoms with Gasteiger partial charge in [-0.25, -0.2) is 0 Å². The number of likely N-dealkylation sites (tertiary alicyclic amines) is 2.